The molecule has 0 bridgehead atoms. The van der Waals surface area contributed by atoms with Crippen LogP contribution in [0.2, 0.25) is 0 Å². The van der Waals surface area contributed by atoms with E-state index in [1.807, 2.05) is 6.92 Å². The highest BCUT2D eigenvalue weighted by atomic mass is 16.5. The molecule has 0 aliphatic heterocycles. The number of benzene rings is 1. The molecule has 0 fully saturated rings. The number of hydrazine groups is 2. The number of rotatable bonds is 8. The van der Waals surface area contributed by atoms with Crippen molar-refractivity contribution in [3.63, 3.8) is 0 Å². The predicted molar refractivity (Wildman–Crippen MR) is 92.9 cm³/mol. The first-order valence-electron chi connectivity index (χ1n) is 7.74. The van der Waals surface area contributed by atoms with Crippen LogP contribution in [-0.2, 0) is 16.1 Å². The Morgan fingerprint density at radius 2 is 1.48 bits per heavy atom. The third-order valence-electron chi connectivity index (χ3n) is 3.38. The summed E-state index contributed by atoms with van der Waals surface area (Å²) in [7, 11) is 0. The van der Waals surface area contributed by atoms with Gasteiger partial charge in [-0.15, -0.1) is 0 Å². The van der Waals surface area contributed by atoms with Crippen LogP contribution in [0.25, 0.3) is 0 Å². The van der Waals surface area contributed by atoms with Gasteiger partial charge in [0.2, 0.25) is 0 Å². The molecule has 4 amide bonds. The fraction of sp³-hybridized carbons (Fsp3) is 0.400. The van der Waals surface area contributed by atoms with E-state index in [0.717, 1.165) is 19.3 Å². The van der Waals surface area contributed by atoms with Crippen molar-refractivity contribution in [2.45, 2.75) is 39.2 Å². The maximum Gasteiger partial charge on any atom is 0.333 e. The van der Waals surface area contributed by atoms with Crippen molar-refractivity contribution in [2.24, 2.45) is 23.2 Å². The minimum Gasteiger partial charge on any atom is -0.461 e. The summed E-state index contributed by atoms with van der Waals surface area (Å²) >= 11 is 0. The van der Waals surface area contributed by atoms with E-state index in [-0.39, 0.29) is 24.0 Å². The number of hydrogen-bond donors (Lipinski definition) is 4. The standard InChI is InChI=1S/C15H24N6O4/c1-2-3-4-5-13(22)25-9-10-6-11(20(18)14(16)23)8-12(7-10)21(19)15(17)24/h6-8H,2-5,9,18-19H2,1H3,(H2,16,23)(H2,17,24). The van der Waals surface area contributed by atoms with Gasteiger partial charge in [-0.1, -0.05) is 19.8 Å². The van der Waals surface area contributed by atoms with Gasteiger partial charge in [0, 0.05) is 6.42 Å². The number of hydrogen-bond acceptors (Lipinski definition) is 6. The van der Waals surface area contributed by atoms with Gasteiger partial charge in [-0.05, 0) is 30.2 Å². The summed E-state index contributed by atoms with van der Waals surface area (Å²) in [6.45, 7) is 1.96. The van der Waals surface area contributed by atoms with E-state index in [4.69, 9.17) is 27.9 Å². The molecule has 0 heterocycles. The molecule has 0 aliphatic rings. The molecule has 0 saturated heterocycles. The molecule has 1 rings (SSSR count). The average Bonchev–Trinajstić information content (AvgIpc) is 2.58. The summed E-state index contributed by atoms with van der Waals surface area (Å²) in [5.41, 5.74) is 11.1. The molecule has 138 valence electrons. The van der Waals surface area contributed by atoms with Crippen LogP contribution in [0.15, 0.2) is 18.2 Å². The van der Waals surface area contributed by atoms with Crippen LogP contribution in [0.5, 0.6) is 0 Å². The largest absolute Gasteiger partial charge is 0.461 e. The number of ether oxygens (including phenoxy) is 1. The summed E-state index contributed by atoms with van der Waals surface area (Å²) < 4.78 is 5.18. The maximum absolute atomic E-state index is 11.7. The predicted octanol–water partition coefficient (Wildman–Crippen LogP) is 0.828. The second-order valence-electron chi connectivity index (χ2n) is 5.39. The highest BCUT2D eigenvalue weighted by Gasteiger charge is 2.15. The topological polar surface area (TPSA) is 171 Å². The van der Waals surface area contributed by atoms with Crippen LogP contribution >= 0.6 is 0 Å². The molecule has 0 aliphatic carbocycles. The molecule has 0 unspecified atom stereocenters. The maximum atomic E-state index is 11.7. The van der Waals surface area contributed by atoms with E-state index in [0.29, 0.717) is 22.0 Å². The molecule has 1 aromatic rings. The minimum absolute atomic E-state index is 0.0784. The molecule has 8 N–H and O–H groups in total. The minimum atomic E-state index is -0.915. The van der Waals surface area contributed by atoms with Gasteiger partial charge in [0.15, 0.2) is 0 Å². The van der Waals surface area contributed by atoms with Crippen molar-refractivity contribution in [2.75, 3.05) is 10.0 Å². The number of carbonyl (C=O) groups excluding carboxylic acids is 3. The molecule has 10 heteroatoms. The van der Waals surface area contributed by atoms with Crippen molar-refractivity contribution in [1.29, 1.82) is 0 Å². The normalized spacial score (nSPS) is 10.2. The fourth-order valence-corrected chi connectivity index (χ4v) is 2.03. The number of primary amides is 2. The third kappa shape index (κ3) is 6.28. The van der Waals surface area contributed by atoms with E-state index in [1.165, 1.54) is 18.2 Å². The van der Waals surface area contributed by atoms with Crippen LogP contribution in [0.3, 0.4) is 0 Å². The lowest BCUT2D eigenvalue weighted by molar-refractivity contribution is -0.145. The molecular weight excluding hydrogens is 328 g/mol. The molecule has 25 heavy (non-hydrogen) atoms. The Balaban J connectivity index is 2.95. The highest BCUT2D eigenvalue weighted by molar-refractivity contribution is 5.93. The number of unbranched alkanes of at least 4 members (excludes halogenated alkanes) is 2. The van der Waals surface area contributed by atoms with Crippen LogP contribution in [0.1, 0.15) is 38.2 Å². The zero-order valence-corrected chi connectivity index (χ0v) is 14.1. The number of esters is 1. The van der Waals surface area contributed by atoms with Crippen LogP contribution in [0, 0.1) is 0 Å². The Kier molecular flexibility index (Phi) is 7.63. The molecule has 0 atom stereocenters. The Labute approximate surface area is 145 Å². The molecule has 0 radical (unpaired) electrons. The summed E-state index contributed by atoms with van der Waals surface area (Å²) in [6, 6.07) is 2.50. The van der Waals surface area contributed by atoms with E-state index >= 15 is 0 Å². The quantitative estimate of drug-likeness (QED) is 0.177. The Hall–Kier alpha value is -2.85. The highest BCUT2D eigenvalue weighted by Crippen LogP contribution is 2.23. The lowest BCUT2D eigenvalue weighted by Gasteiger charge is -2.20. The van der Waals surface area contributed by atoms with Gasteiger partial charge in [-0.3, -0.25) is 4.79 Å². The third-order valence-corrected chi connectivity index (χ3v) is 3.38. The molecule has 0 aromatic heterocycles. The molecule has 10 nitrogen and oxygen atoms in total. The summed E-state index contributed by atoms with van der Waals surface area (Å²) in [6.07, 6.45) is 3.00. The van der Waals surface area contributed by atoms with Gasteiger partial charge in [-0.25, -0.2) is 31.3 Å². The van der Waals surface area contributed by atoms with E-state index in [9.17, 15) is 14.4 Å². The van der Waals surface area contributed by atoms with Crippen LogP contribution in [0.4, 0.5) is 21.0 Å². The van der Waals surface area contributed by atoms with Crippen molar-refractivity contribution in [1.82, 2.24) is 0 Å². The molecular formula is C15H24N6O4. The summed E-state index contributed by atoms with van der Waals surface area (Å²) in [4.78, 5) is 34.2. The number of anilines is 2. The first-order chi connectivity index (χ1) is 11.8. The zero-order valence-electron chi connectivity index (χ0n) is 14.1. The lowest BCUT2D eigenvalue weighted by atomic mass is 10.1. The van der Waals surface area contributed by atoms with Gasteiger partial charge >= 0.3 is 18.0 Å². The number of carbonyl (C=O) groups is 3. The molecule has 0 spiro atoms. The summed E-state index contributed by atoms with van der Waals surface area (Å²) in [5.74, 6) is 10.8. The molecule has 0 saturated carbocycles. The number of nitrogens with two attached hydrogens (primary N) is 4. The SMILES string of the molecule is CCCCCC(=O)OCc1cc(N(N)C(N)=O)cc(N(N)C(N)=O)c1. The second kappa shape index (κ2) is 9.45. The first kappa shape index (κ1) is 20.2. The van der Waals surface area contributed by atoms with Gasteiger partial charge in [0.25, 0.3) is 0 Å². The smallest absolute Gasteiger partial charge is 0.333 e. The monoisotopic (exact) mass is 352 g/mol. The fourth-order valence-electron chi connectivity index (χ4n) is 2.03. The van der Waals surface area contributed by atoms with E-state index in [1.54, 1.807) is 0 Å². The van der Waals surface area contributed by atoms with Gasteiger partial charge in [0.05, 0.1) is 11.4 Å². The summed E-state index contributed by atoms with van der Waals surface area (Å²) in [5, 5.41) is 1.34. The van der Waals surface area contributed by atoms with Crippen molar-refractivity contribution >= 4 is 29.4 Å². The van der Waals surface area contributed by atoms with Gasteiger partial charge < -0.3 is 16.2 Å². The number of urea groups is 2. The van der Waals surface area contributed by atoms with Gasteiger partial charge in [-0.2, -0.15) is 0 Å². The lowest BCUT2D eigenvalue weighted by Crippen LogP contribution is -2.43. The Morgan fingerprint density at radius 1 is 0.960 bits per heavy atom. The number of nitrogens with zero attached hydrogens (tertiary/aromatic N) is 2. The molecule has 1 aromatic carbocycles. The van der Waals surface area contributed by atoms with Gasteiger partial charge in [0.1, 0.15) is 6.61 Å². The van der Waals surface area contributed by atoms with Crippen molar-refractivity contribution < 1.29 is 19.1 Å². The van der Waals surface area contributed by atoms with E-state index in [2.05, 4.69) is 0 Å². The Bertz CT molecular complexity index is 598. The van der Waals surface area contributed by atoms with Crippen molar-refractivity contribution in [3.05, 3.63) is 23.8 Å². The number of amides is 4. The van der Waals surface area contributed by atoms with E-state index < -0.39 is 12.1 Å². The zero-order chi connectivity index (χ0) is 19.0. The van der Waals surface area contributed by atoms with Crippen LogP contribution < -0.4 is 33.2 Å². The van der Waals surface area contributed by atoms with Crippen LogP contribution in [-0.4, -0.2) is 18.0 Å². The second-order valence-corrected chi connectivity index (χ2v) is 5.39. The Morgan fingerprint density at radius 3 is 1.92 bits per heavy atom. The first-order valence-corrected chi connectivity index (χ1v) is 7.74. The average molecular weight is 352 g/mol. The van der Waals surface area contributed by atoms with Crippen molar-refractivity contribution in [3.8, 4) is 0 Å².